The topological polar surface area (TPSA) is 45.2 Å². The van der Waals surface area contributed by atoms with Crippen molar-refractivity contribution in [2.75, 3.05) is 7.05 Å². The summed E-state index contributed by atoms with van der Waals surface area (Å²) in [6, 6.07) is 7.79. The highest BCUT2D eigenvalue weighted by Crippen LogP contribution is 2.18. The average Bonchev–Trinajstić information content (AvgIpc) is 2.55. The molecule has 1 atom stereocenters. The molecule has 0 bridgehead atoms. The maximum Gasteiger partial charge on any atom is 0.317 e. The van der Waals surface area contributed by atoms with Crippen LogP contribution in [0.2, 0.25) is 5.02 Å². The smallest absolute Gasteiger partial charge is 0.317 e. The molecule has 1 heterocycles. The molecular formula is C16H17ClFN3O. The molecule has 0 spiro atoms. The van der Waals surface area contributed by atoms with Crippen LogP contribution >= 0.6 is 11.6 Å². The number of pyridine rings is 1. The van der Waals surface area contributed by atoms with Crippen LogP contribution in [-0.4, -0.2) is 23.0 Å². The van der Waals surface area contributed by atoms with E-state index >= 15 is 0 Å². The highest BCUT2D eigenvalue weighted by molar-refractivity contribution is 6.30. The van der Waals surface area contributed by atoms with Gasteiger partial charge in [0.25, 0.3) is 0 Å². The van der Waals surface area contributed by atoms with E-state index in [1.54, 1.807) is 30.4 Å². The van der Waals surface area contributed by atoms with Crippen molar-refractivity contribution in [2.45, 2.75) is 19.5 Å². The Kier molecular flexibility index (Phi) is 5.33. The van der Waals surface area contributed by atoms with Crippen LogP contribution in [0.3, 0.4) is 0 Å². The van der Waals surface area contributed by atoms with E-state index in [1.807, 2.05) is 19.1 Å². The second-order valence-corrected chi connectivity index (χ2v) is 5.39. The monoisotopic (exact) mass is 321 g/mol. The van der Waals surface area contributed by atoms with E-state index in [9.17, 15) is 9.18 Å². The van der Waals surface area contributed by atoms with Crippen LogP contribution in [0.4, 0.5) is 9.18 Å². The molecule has 0 saturated heterocycles. The van der Waals surface area contributed by atoms with Gasteiger partial charge in [-0.25, -0.2) is 9.18 Å². The lowest BCUT2D eigenvalue weighted by Gasteiger charge is -2.25. The normalized spacial score (nSPS) is 11.8. The molecule has 0 unspecified atom stereocenters. The molecule has 1 aromatic heterocycles. The number of urea groups is 1. The van der Waals surface area contributed by atoms with Crippen molar-refractivity contribution in [1.29, 1.82) is 0 Å². The van der Waals surface area contributed by atoms with E-state index < -0.39 is 5.82 Å². The van der Waals surface area contributed by atoms with Crippen LogP contribution in [0.15, 0.2) is 42.7 Å². The number of amides is 2. The molecule has 22 heavy (non-hydrogen) atoms. The van der Waals surface area contributed by atoms with E-state index in [0.717, 1.165) is 11.1 Å². The molecule has 0 fully saturated rings. The lowest BCUT2D eigenvalue weighted by atomic mass is 10.1. The Morgan fingerprint density at radius 3 is 2.86 bits per heavy atom. The minimum absolute atomic E-state index is 0.0452. The first-order valence-corrected chi connectivity index (χ1v) is 7.21. The largest absolute Gasteiger partial charge is 0.334 e. The quantitative estimate of drug-likeness (QED) is 0.931. The molecule has 2 rings (SSSR count). The molecule has 4 nitrogen and oxygen atoms in total. The number of benzene rings is 1. The first kappa shape index (κ1) is 16.2. The molecule has 2 amide bonds. The lowest BCUT2D eigenvalue weighted by molar-refractivity contribution is 0.194. The number of aromatic nitrogens is 1. The number of hydrogen-bond donors (Lipinski definition) is 1. The van der Waals surface area contributed by atoms with Gasteiger partial charge in [0.05, 0.1) is 11.1 Å². The van der Waals surface area contributed by atoms with Gasteiger partial charge < -0.3 is 10.2 Å². The van der Waals surface area contributed by atoms with Crippen LogP contribution in [-0.2, 0) is 6.54 Å². The van der Waals surface area contributed by atoms with E-state index in [2.05, 4.69) is 10.3 Å². The zero-order valence-corrected chi connectivity index (χ0v) is 13.1. The molecule has 0 aliphatic carbocycles. The van der Waals surface area contributed by atoms with Gasteiger partial charge in [0.15, 0.2) is 0 Å². The first-order valence-electron chi connectivity index (χ1n) is 6.83. The highest BCUT2D eigenvalue weighted by Gasteiger charge is 2.17. The summed E-state index contributed by atoms with van der Waals surface area (Å²) in [7, 11) is 1.71. The summed E-state index contributed by atoms with van der Waals surface area (Å²) in [4.78, 5) is 17.8. The number of halogens is 2. The maximum absolute atomic E-state index is 13.1. The zero-order chi connectivity index (χ0) is 16.1. The molecular weight excluding hydrogens is 305 g/mol. The van der Waals surface area contributed by atoms with E-state index in [-0.39, 0.29) is 23.6 Å². The standard InChI is InChI=1S/C16H17ClFN3O/c1-11(13-4-3-7-19-10-13)21(2)16(22)20-9-12-5-6-15(18)14(17)8-12/h3-8,10-11H,9H2,1-2H3,(H,20,22)/t11-/m1/s1. The average molecular weight is 322 g/mol. The van der Waals surface area contributed by atoms with Crippen LogP contribution in [0.5, 0.6) is 0 Å². The van der Waals surface area contributed by atoms with Gasteiger partial charge in [0.2, 0.25) is 0 Å². The fraction of sp³-hybridized carbons (Fsp3) is 0.250. The van der Waals surface area contributed by atoms with Crippen molar-refractivity contribution < 1.29 is 9.18 Å². The predicted octanol–water partition coefficient (Wildman–Crippen LogP) is 3.78. The summed E-state index contributed by atoms with van der Waals surface area (Å²) >= 11 is 5.72. The van der Waals surface area contributed by atoms with Gasteiger partial charge in [-0.05, 0) is 36.2 Å². The van der Waals surface area contributed by atoms with Crippen LogP contribution in [0.1, 0.15) is 24.1 Å². The second kappa shape index (κ2) is 7.22. The fourth-order valence-electron chi connectivity index (χ4n) is 1.97. The second-order valence-electron chi connectivity index (χ2n) is 4.98. The van der Waals surface area contributed by atoms with E-state index in [1.165, 1.54) is 12.1 Å². The Balaban J connectivity index is 1.95. The molecule has 6 heteroatoms. The van der Waals surface area contributed by atoms with Gasteiger partial charge in [0.1, 0.15) is 5.82 Å². The Bertz CT molecular complexity index is 651. The van der Waals surface area contributed by atoms with Crippen LogP contribution < -0.4 is 5.32 Å². The Labute approximate surface area is 133 Å². The van der Waals surface area contributed by atoms with Crippen molar-refractivity contribution in [2.24, 2.45) is 0 Å². The number of nitrogens with one attached hydrogen (secondary N) is 1. The molecule has 116 valence electrons. The molecule has 1 aromatic carbocycles. The minimum atomic E-state index is -0.473. The van der Waals surface area contributed by atoms with E-state index in [4.69, 9.17) is 11.6 Å². The van der Waals surface area contributed by atoms with E-state index in [0.29, 0.717) is 0 Å². The third-order valence-corrected chi connectivity index (χ3v) is 3.79. The summed E-state index contributed by atoms with van der Waals surface area (Å²) in [5.41, 5.74) is 1.69. The summed E-state index contributed by atoms with van der Waals surface area (Å²) < 4.78 is 13.1. The van der Waals surface area contributed by atoms with Crippen molar-refractivity contribution in [1.82, 2.24) is 15.2 Å². The van der Waals surface area contributed by atoms with Crippen molar-refractivity contribution >= 4 is 17.6 Å². The number of nitrogens with zero attached hydrogens (tertiary/aromatic N) is 2. The molecule has 0 saturated carbocycles. The summed E-state index contributed by atoms with van der Waals surface area (Å²) in [5, 5.41) is 2.83. The van der Waals surface area contributed by atoms with Gasteiger partial charge in [0, 0.05) is 26.0 Å². The number of hydrogen-bond acceptors (Lipinski definition) is 2. The molecule has 0 radical (unpaired) electrons. The third-order valence-electron chi connectivity index (χ3n) is 3.50. The first-order chi connectivity index (χ1) is 10.5. The third kappa shape index (κ3) is 3.95. The van der Waals surface area contributed by atoms with Crippen LogP contribution in [0, 0.1) is 5.82 Å². The highest BCUT2D eigenvalue weighted by atomic mass is 35.5. The molecule has 1 N–H and O–H groups in total. The summed E-state index contributed by atoms with van der Waals surface area (Å²) in [6.45, 7) is 2.20. The van der Waals surface area contributed by atoms with Gasteiger partial charge in [-0.3, -0.25) is 4.98 Å². The van der Waals surface area contributed by atoms with Gasteiger partial charge in [-0.1, -0.05) is 23.7 Å². The van der Waals surface area contributed by atoms with Crippen molar-refractivity contribution in [3.63, 3.8) is 0 Å². The Morgan fingerprint density at radius 2 is 2.23 bits per heavy atom. The lowest BCUT2D eigenvalue weighted by Crippen LogP contribution is -2.38. The zero-order valence-electron chi connectivity index (χ0n) is 12.4. The summed E-state index contributed by atoms with van der Waals surface area (Å²) in [6.07, 6.45) is 3.42. The maximum atomic E-state index is 13.1. The fourth-order valence-corrected chi connectivity index (χ4v) is 2.18. The summed E-state index contributed by atoms with van der Waals surface area (Å²) in [5.74, 6) is -0.473. The molecule has 2 aromatic rings. The molecule has 0 aliphatic rings. The predicted molar refractivity (Wildman–Crippen MR) is 84.1 cm³/mol. The number of rotatable bonds is 4. The number of carbonyl (C=O) groups is 1. The SMILES string of the molecule is C[C@H](c1cccnc1)N(C)C(=O)NCc1ccc(F)c(Cl)c1. The minimum Gasteiger partial charge on any atom is -0.334 e. The Morgan fingerprint density at radius 1 is 1.45 bits per heavy atom. The van der Waals surface area contributed by atoms with Gasteiger partial charge in [-0.2, -0.15) is 0 Å². The van der Waals surface area contributed by atoms with Crippen molar-refractivity contribution in [3.05, 3.63) is 64.7 Å². The number of carbonyl (C=O) groups excluding carboxylic acids is 1. The van der Waals surface area contributed by atoms with Crippen molar-refractivity contribution in [3.8, 4) is 0 Å². The van der Waals surface area contributed by atoms with Crippen LogP contribution in [0.25, 0.3) is 0 Å². The van der Waals surface area contributed by atoms with Gasteiger partial charge >= 0.3 is 6.03 Å². The molecule has 0 aliphatic heterocycles. The Hall–Kier alpha value is -2.14. The van der Waals surface area contributed by atoms with Gasteiger partial charge in [-0.15, -0.1) is 0 Å².